The van der Waals surface area contributed by atoms with Gasteiger partial charge in [-0.2, -0.15) is 0 Å². The third-order valence-corrected chi connectivity index (χ3v) is 3.14. The smallest absolute Gasteiger partial charge is 0.335 e. The second-order valence-corrected chi connectivity index (χ2v) is 4.47. The first-order valence-electron chi connectivity index (χ1n) is 6.09. The lowest BCUT2D eigenvalue weighted by atomic mass is 10.3. The van der Waals surface area contributed by atoms with Gasteiger partial charge in [0.15, 0.2) is 0 Å². The molecular formula is C12H19ClN4O4. The highest BCUT2D eigenvalue weighted by molar-refractivity contribution is 6.45. The van der Waals surface area contributed by atoms with Crippen LogP contribution in [0, 0.1) is 0 Å². The van der Waals surface area contributed by atoms with Crippen LogP contribution in [0.4, 0.5) is 4.79 Å². The van der Waals surface area contributed by atoms with Gasteiger partial charge in [-0.25, -0.2) is 9.69 Å². The van der Waals surface area contributed by atoms with Crippen molar-refractivity contribution in [3.63, 3.8) is 0 Å². The van der Waals surface area contributed by atoms with E-state index < -0.39 is 30.3 Å². The fourth-order valence-electron chi connectivity index (χ4n) is 1.63. The molecule has 9 heteroatoms. The zero-order valence-corrected chi connectivity index (χ0v) is 12.8. The van der Waals surface area contributed by atoms with Gasteiger partial charge in [-0.05, 0) is 6.92 Å². The molecule has 1 fully saturated rings. The molecule has 0 saturated carbocycles. The van der Waals surface area contributed by atoms with Crippen LogP contribution in [-0.2, 0) is 14.4 Å². The fourth-order valence-corrected chi connectivity index (χ4v) is 1.63. The highest BCUT2D eigenvalue weighted by Crippen LogP contribution is 2.12. The number of nitrogens with two attached hydrogens (primary N) is 1. The monoisotopic (exact) mass is 318 g/mol. The highest BCUT2D eigenvalue weighted by Gasteiger charge is 2.44. The number of carbonyl (C=O) groups excluding carboxylic acids is 4. The van der Waals surface area contributed by atoms with E-state index >= 15 is 0 Å². The Morgan fingerprint density at radius 3 is 2.33 bits per heavy atom. The van der Waals surface area contributed by atoms with E-state index in [1.54, 1.807) is 6.92 Å². The number of imide groups is 2. The molecule has 21 heavy (non-hydrogen) atoms. The van der Waals surface area contributed by atoms with Crippen LogP contribution in [-0.4, -0.2) is 71.2 Å². The molecule has 5 amide bonds. The van der Waals surface area contributed by atoms with Crippen molar-refractivity contribution in [2.45, 2.75) is 13.0 Å². The number of nitrogens with zero attached hydrogens (tertiary/aromatic N) is 3. The zero-order valence-electron chi connectivity index (χ0n) is 11.9. The van der Waals surface area contributed by atoms with Crippen molar-refractivity contribution in [2.75, 3.05) is 26.7 Å². The summed E-state index contributed by atoms with van der Waals surface area (Å²) in [7, 11) is 1.52. The highest BCUT2D eigenvalue weighted by atomic mass is 35.5. The summed E-state index contributed by atoms with van der Waals surface area (Å²) >= 11 is 0. The first kappa shape index (κ1) is 19.1. The van der Waals surface area contributed by atoms with E-state index in [-0.39, 0.29) is 31.5 Å². The third-order valence-electron chi connectivity index (χ3n) is 3.14. The van der Waals surface area contributed by atoms with Gasteiger partial charge in [0, 0.05) is 26.2 Å². The average molecular weight is 319 g/mol. The number of hydrogen-bond acceptors (Lipinski definition) is 5. The fraction of sp³-hybridized carbons (Fsp3) is 0.500. The van der Waals surface area contributed by atoms with Gasteiger partial charge in [0.2, 0.25) is 5.91 Å². The maximum Gasteiger partial charge on any atom is 0.335 e. The van der Waals surface area contributed by atoms with Crippen LogP contribution in [0.5, 0.6) is 0 Å². The Kier molecular flexibility index (Phi) is 7.04. The molecule has 1 aliphatic rings. The van der Waals surface area contributed by atoms with Crippen molar-refractivity contribution < 1.29 is 19.2 Å². The molecule has 0 radical (unpaired) electrons. The van der Waals surface area contributed by atoms with E-state index in [2.05, 4.69) is 6.58 Å². The predicted molar refractivity (Wildman–Crippen MR) is 77.6 cm³/mol. The van der Waals surface area contributed by atoms with Crippen LogP contribution in [0.3, 0.4) is 0 Å². The second-order valence-electron chi connectivity index (χ2n) is 4.47. The van der Waals surface area contributed by atoms with Crippen molar-refractivity contribution in [3.8, 4) is 0 Å². The molecule has 1 saturated heterocycles. The van der Waals surface area contributed by atoms with E-state index in [0.717, 1.165) is 4.90 Å². The number of hydrogen-bond donors (Lipinski definition) is 1. The molecule has 1 rings (SSSR count). The van der Waals surface area contributed by atoms with E-state index in [4.69, 9.17) is 5.73 Å². The van der Waals surface area contributed by atoms with Crippen molar-refractivity contribution in [1.29, 1.82) is 0 Å². The molecule has 1 heterocycles. The average Bonchev–Trinajstić information content (AvgIpc) is 2.63. The molecule has 0 aromatic carbocycles. The Hall–Kier alpha value is -1.93. The maximum atomic E-state index is 11.9. The van der Waals surface area contributed by atoms with Crippen molar-refractivity contribution in [1.82, 2.24) is 14.7 Å². The van der Waals surface area contributed by atoms with Crippen LogP contribution in [0.15, 0.2) is 12.7 Å². The number of rotatable bonds is 6. The van der Waals surface area contributed by atoms with Gasteiger partial charge in [0.1, 0.15) is 6.54 Å². The lowest BCUT2D eigenvalue weighted by molar-refractivity contribution is -0.144. The Balaban J connectivity index is 0.00000400. The summed E-state index contributed by atoms with van der Waals surface area (Å²) in [6.07, 6.45) is 1.33. The van der Waals surface area contributed by atoms with E-state index in [1.807, 2.05) is 0 Å². The molecule has 2 N–H and O–H groups in total. The molecule has 1 unspecified atom stereocenters. The summed E-state index contributed by atoms with van der Waals surface area (Å²) in [5, 5.41) is 0. The van der Waals surface area contributed by atoms with Crippen LogP contribution in [0.1, 0.15) is 6.92 Å². The Bertz CT molecular complexity index is 468. The first-order chi connectivity index (χ1) is 9.34. The largest absolute Gasteiger partial charge is 0.340 e. The predicted octanol–water partition coefficient (Wildman–Crippen LogP) is -0.809. The maximum absolute atomic E-state index is 11.9. The lowest BCUT2D eigenvalue weighted by Crippen LogP contribution is -2.46. The number of urea groups is 1. The summed E-state index contributed by atoms with van der Waals surface area (Å²) in [4.78, 5) is 49.8. The Morgan fingerprint density at radius 1 is 1.33 bits per heavy atom. The summed E-state index contributed by atoms with van der Waals surface area (Å²) in [6.45, 7) is 4.85. The van der Waals surface area contributed by atoms with Gasteiger partial charge in [-0.3, -0.25) is 19.3 Å². The minimum absolute atomic E-state index is 0. The topological polar surface area (TPSA) is 104 Å². The molecule has 118 valence electrons. The molecule has 1 aliphatic heterocycles. The summed E-state index contributed by atoms with van der Waals surface area (Å²) in [5.74, 6) is -2.41. The molecule has 0 spiro atoms. The number of likely N-dealkylation sites (N-methyl/N-ethyl adjacent to an activating group) is 1. The molecule has 0 aromatic rings. The first-order valence-corrected chi connectivity index (χ1v) is 6.09. The minimum atomic E-state index is -1.00. The van der Waals surface area contributed by atoms with Gasteiger partial charge < -0.3 is 10.6 Å². The van der Waals surface area contributed by atoms with Gasteiger partial charge in [0.05, 0.1) is 0 Å². The summed E-state index contributed by atoms with van der Waals surface area (Å²) < 4.78 is 0. The van der Waals surface area contributed by atoms with Gasteiger partial charge in [0.25, 0.3) is 0 Å². The second kappa shape index (κ2) is 7.75. The summed E-state index contributed by atoms with van der Waals surface area (Å²) in [5.41, 5.74) is 5.44. The van der Waals surface area contributed by atoms with Crippen LogP contribution >= 0.6 is 12.4 Å². The van der Waals surface area contributed by atoms with E-state index in [0.29, 0.717) is 4.90 Å². The van der Waals surface area contributed by atoms with Gasteiger partial charge in [-0.1, -0.05) is 6.08 Å². The normalized spacial score (nSPS) is 15.9. The number of halogens is 1. The number of carbonyl (C=O) groups is 4. The molecule has 1 atom stereocenters. The van der Waals surface area contributed by atoms with Crippen molar-refractivity contribution in [2.24, 2.45) is 5.73 Å². The molecule has 0 aromatic heterocycles. The van der Waals surface area contributed by atoms with Crippen molar-refractivity contribution >= 4 is 36.2 Å². The molecule has 0 aliphatic carbocycles. The van der Waals surface area contributed by atoms with Gasteiger partial charge >= 0.3 is 17.8 Å². The van der Waals surface area contributed by atoms with Gasteiger partial charge in [-0.15, -0.1) is 19.0 Å². The van der Waals surface area contributed by atoms with Crippen LogP contribution in [0.25, 0.3) is 0 Å². The number of amides is 5. The minimum Gasteiger partial charge on any atom is -0.340 e. The van der Waals surface area contributed by atoms with Crippen LogP contribution in [0.2, 0.25) is 0 Å². The van der Waals surface area contributed by atoms with Crippen LogP contribution < -0.4 is 5.73 Å². The SMILES string of the molecule is C=CCN1C(=O)C(=O)N(CC(=O)N(C)C(C)CN)C1=O.Cl. The lowest BCUT2D eigenvalue weighted by Gasteiger charge is -2.25. The molecule has 0 bridgehead atoms. The Morgan fingerprint density at radius 2 is 1.86 bits per heavy atom. The van der Waals surface area contributed by atoms with E-state index in [9.17, 15) is 19.2 Å². The molecule has 8 nitrogen and oxygen atoms in total. The Labute approximate surface area is 128 Å². The van der Waals surface area contributed by atoms with E-state index in [1.165, 1.54) is 18.0 Å². The quantitative estimate of drug-likeness (QED) is 0.392. The van der Waals surface area contributed by atoms with Crippen molar-refractivity contribution in [3.05, 3.63) is 12.7 Å². The third kappa shape index (κ3) is 3.79. The zero-order chi connectivity index (χ0) is 15.4. The molecular weight excluding hydrogens is 300 g/mol. The summed E-state index contributed by atoms with van der Waals surface area (Å²) in [6, 6.07) is -1.03. The standard InChI is InChI=1S/C12H18N4O4.ClH/c1-4-5-15-10(18)11(19)16(12(15)20)7-9(17)14(3)8(2)6-13;/h4,8H,1,5-7,13H2,2-3H3;1H.